The molecule has 0 spiro atoms. The fraction of sp³-hybridized carbons (Fsp3) is 0.333. The fourth-order valence-corrected chi connectivity index (χ4v) is 1.50. The van der Waals surface area contributed by atoms with E-state index in [4.69, 9.17) is 11.0 Å². The van der Waals surface area contributed by atoms with E-state index < -0.39 is 12.2 Å². The van der Waals surface area contributed by atoms with Crippen molar-refractivity contribution in [2.75, 3.05) is 12.3 Å². The second-order valence-corrected chi connectivity index (χ2v) is 3.91. The summed E-state index contributed by atoms with van der Waals surface area (Å²) in [7, 11) is 0. The van der Waals surface area contributed by atoms with Crippen LogP contribution in [0.2, 0.25) is 0 Å². The molecule has 0 aliphatic rings. The molecule has 0 aliphatic heterocycles. The summed E-state index contributed by atoms with van der Waals surface area (Å²) in [4.78, 5) is 10.7. The molecule has 2 atom stereocenters. The molecular formula is C12H15N3O3. The molecule has 0 bridgehead atoms. The first kappa shape index (κ1) is 14.0. The zero-order chi connectivity index (χ0) is 13.7. The largest absolute Gasteiger partial charge is 0.399 e. The standard InChI is InChI=1S/C12H15N3O3/c1-7(16)15-6-11(17)12(18)10-3-2-9(14)4-8(10)5-13/h2-4,11-12,17-18H,6,14H2,1H3,(H,15,16). The van der Waals surface area contributed by atoms with E-state index in [1.807, 2.05) is 6.07 Å². The molecule has 6 nitrogen and oxygen atoms in total. The number of carbonyl (C=O) groups excluding carboxylic acids is 1. The van der Waals surface area contributed by atoms with E-state index in [-0.39, 0.29) is 23.6 Å². The van der Waals surface area contributed by atoms with Crippen LogP contribution in [0.15, 0.2) is 18.2 Å². The number of rotatable bonds is 4. The van der Waals surface area contributed by atoms with Gasteiger partial charge in [-0.05, 0) is 12.1 Å². The van der Waals surface area contributed by atoms with Gasteiger partial charge >= 0.3 is 0 Å². The van der Waals surface area contributed by atoms with Crippen LogP contribution in [-0.4, -0.2) is 28.8 Å². The Morgan fingerprint density at radius 1 is 1.56 bits per heavy atom. The average Bonchev–Trinajstić information content (AvgIpc) is 2.34. The van der Waals surface area contributed by atoms with Gasteiger partial charge in [0.25, 0.3) is 0 Å². The normalized spacial score (nSPS) is 13.4. The molecule has 0 aromatic heterocycles. The Morgan fingerprint density at radius 2 is 2.22 bits per heavy atom. The molecule has 18 heavy (non-hydrogen) atoms. The lowest BCUT2D eigenvalue weighted by Crippen LogP contribution is -2.34. The number of nitrogens with zero attached hydrogens (tertiary/aromatic N) is 1. The summed E-state index contributed by atoms with van der Waals surface area (Å²) in [5, 5.41) is 30.9. The molecule has 0 saturated heterocycles. The van der Waals surface area contributed by atoms with Crippen molar-refractivity contribution in [1.82, 2.24) is 5.32 Å². The Balaban J connectivity index is 2.86. The van der Waals surface area contributed by atoms with Gasteiger partial charge in [0.05, 0.1) is 11.6 Å². The molecule has 1 aromatic carbocycles. The summed E-state index contributed by atoms with van der Waals surface area (Å²) in [6.45, 7) is 1.22. The summed E-state index contributed by atoms with van der Waals surface area (Å²) in [5.74, 6) is -0.306. The Bertz CT molecular complexity index is 482. The number of aliphatic hydroxyl groups excluding tert-OH is 2. The van der Waals surface area contributed by atoms with Crippen LogP contribution < -0.4 is 11.1 Å². The number of hydrogen-bond acceptors (Lipinski definition) is 5. The van der Waals surface area contributed by atoms with Crippen LogP contribution in [-0.2, 0) is 4.79 Å². The number of nitrogens with two attached hydrogens (primary N) is 1. The van der Waals surface area contributed by atoms with E-state index in [2.05, 4.69) is 5.32 Å². The van der Waals surface area contributed by atoms with Crippen molar-refractivity contribution in [1.29, 1.82) is 5.26 Å². The number of anilines is 1. The minimum absolute atomic E-state index is 0.0915. The van der Waals surface area contributed by atoms with Gasteiger partial charge in [0.15, 0.2) is 0 Å². The highest BCUT2D eigenvalue weighted by molar-refractivity contribution is 5.72. The predicted octanol–water partition coefficient (Wildman–Crippen LogP) is -0.329. The second-order valence-electron chi connectivity index (χ2n) is 3.91. The van der Waals surface area contributed by atoms with Crippen LogP contribution in [0.3, 0.4) is 0 Å². The second kappa shape index (κ2) is 6.00. The first-order chi connectivity index (χ1) is 8.45. The van der Waals surface area contributed by atoms with E-state index >= 15 is 0 Å². The van der Waals surface area contributed by atoms with Crippen molar-refractivity contribution in [3.05, 3.63) is 29.3 Å². The highest BCUT2D eigenvalue weighted by atomic mass is 16.3. The minimum atomic E-state index is -1.26. The quantitative estimate of drug-likeness (QED) is 0.545. The van der Waals surface area contributed by atoms with Gasteiger partial charge in [-0.2, -0.15) is 5.26 Å². The molecule has 1 amide bonds. The molecule has 0 heterocycles. The maximum absolute atomic E-state index is 10.7. The molecule has 6 heteroatoms. The zero-order valence-electron chi connectivity index (χ0n) is 9.92. The summed E-state index contributed by atoms with van der Waals surface area (Å²) >= 11 is 0. The van der Waals surface area contributed by atoms with Crippen LogP contribution in [0.1, 0.15) is 24.2 Å². The Hall–Kier alpha value is -2.10. The Morgan fingerprint density at radius 3 is 2.78 bits per heavy atom. The van der Waals surface area contributed by atoms with Crippen molar-refractivity contribution in [2.45, 2.75) is 19.1 Å². The summed E-state index contributed by atoms with van der Waals surface area (Å²) < 4.78 is 0. The summed E-state index contributed by atoms with van der Waals surface area (Å²) in [6.07, 6.45) is -2.45. The van der Waals surface area contributed by atoms with Crippen molar-refractivity contribution in [2.24, 2.45) is 0 Å². The van der Waals surface area contributed by atoms with Crippen LogP contribution in [0.25, 0.3) is 0 Å². The van der Waals surface area contributed by atoms with Gasteiger partial charge in [0.1, 0.15) is 12.2 Å². The molecule has 96 valence electrons. The Labute approximate surface area is 105 Å². The zero-order valence-corrected chi connectivity index (χ0v) is 9.92. The smallest absolute Gasteiger partial charge is 0.216 e. The van der Waals surface area contributed by atoms with Gasteiger partial charge in [-0.1, -0.05) is 6.07 Å². The number of nitriles is 1. The highest BCUT2D eigenvalue weighted by Crippen LogP contribution is 2.22. The van der Waals surface area contributed by atoms with Crippen molar-refractivity contribution >= 4 is 11.6 Å². The molecule has 1 rings (SSSR count). The van der Waals surface area contributed by atoms with Gasteiger partial charge in [0, 0.05) is 24.7 Å². The predicted molar refractivity (Wildman–Crippen MR) is 65.2 cm³/mol. The minimum Gasteiger partial charge on any atom is -0.399 e. The first-order valence-corrected chi connectivity index (χ1v) is 5.35. The van der Waals surface area contributed by atoms with Crippen LogP contribution in [0.4, 0.5) is 5.69 Å². The molecule has 2 unspecified atom stereocenters. The van der Waals surface area contributed by atoms with E-state index in [0.29, 0.717) is 5.69 Å². The summed E-state index contributed by atoms with van der Waals surface area (Å²) in [6, 6.07) is 6.33. The van der Waals surface area contributed by atoms with Gasteiger partial charge < -0.3 is 21.3 Å². The number of nitrogens with one attached hydrogen (secondary N) is 1. The third-order valence-corrected chi connectivity index (χ3v) is 2.44. The molecule has 0 fully saturated rings. The fourth-order valence-electron chi connectivity index (χ4n) is 1.50. The number of nitrogen functional groups attached to an aromatic ring is 1. The maximum Gasteiger partial charge on any atom is 0.216 e. The van der Waals surface area contributed by atoms with Gasteiger partial charge in [-0.25, -0.2) is 0 Å². The van der Waals surface area contributed by atoms with Crippen molar-refractivity contribution in [3.63, 3.8) is 0 Å². The average molecular weight is 249 g/mol. The van der Waals surface area contributed by atoms with Crippen LogP contribution in [0, 0.1) is 11.3 Å². The molecule has 0 saturated carbocycles. The van der Waals surface area contributed by atoms with E-state index in [1.54, 1.807) is 0 Å². The number of carbonyl (C=O) groups is 1. The monoisotopic (exact) mass is 249 g/mol. The lowest BCUT2D eigenvalue weighted by Gasteiger charge is -2.19. The third kappa shape index (κ3) is 3.45. The number of hydrogen-bond donors (Lipinski definition) is 4. The maximum atomic E-state index is 10.7. The highest BCUT2D eigenvalue weighted by Gasteiger charge is 2.21. The van der Waals surface area contributed by atoms with Crippen LogP contribution in [0.5, 0.6) is 0 Å². The van der Waals surface area contributed by atoms with E-state index in [1.165, 1.54) is 25.1 Å². The molecular weight excluding hydrogens is 234 g/mol. The molecule has 0 radical (unpaired) electrons. The number of benzene rings is 1. The van der Waals surface area contributed by atoms with Crippen molar-refractivity contribution in [3.8, 4) is 6.07 Å². The topological polar surface area (TPSA) is 119 Å². The Kier molecular flexibility index (Phi) is 4.66. The number of amides is 1. The lowest BCUT2D eigenvalue weighted by atomic mass is 9.98. The van der Waals surface area contributed by atoms with Gasteiger partial charge in [0.2, 0.25) is 5.91 Å². The SMILES string of the molecule is CC(=O)NCC(O)C(O)c1ccc(N)cc1C#N. The van der Waals surface area contributed by atoms with E-state index in [0.717, 1.165) is 0 Å². The molecule has 0 aliphatic carbocycles. The lowest BCUT2D eigenvalue weighted by molar-refractivity contribution is -0.119. The molecule has 1 aromatic rings. The first-order valence-electron chi connectivity index (χ1n) is 5.35. The third-order valence-electron chi connectivity index (χ3n) is 2.44. The van der Waals surface area contributed by atoms with Crippen LogP contribution >= 0.6 is 0 Å². The van der Waals surface area contributed by atoms with Gasteiger partial charge in [-0.15, -0.1) is 0 Å². The summed E-state index contributed by atoms with van der Waals surface area (Å²) in [5.41, 5.74) is 6.41. The van der Waals surface area contributed by atoms with Crippen molar-refractivity contribution < 1.29 is 15.0 Å². The molecule has 5 N–H and O–H groups in total. The number of aliphatic hydroxyl groups is 2. The van der Waals surface area contributed by atoms with Gasteiger partial charge in [-0.3, -0.25) is 4.79 Å². The van der Waals surface area contributed by atoms with E-state index in [9.17, 15) is 15.0 Å².